The van der Waals surface area contributed by atoms with E-state index in [0.29, 0.717) is 49.7 Å². The Labute approximate surface area is 444 Å². The molecule has 0 atom stereocenters. The number of fused-ring (bicyclic) bond motifs is 12. The molecule has 0 aliphatic rings. The van der Waals surface area contributed by atoms with Gasteiger partial charge in [-0.15, -0.1) is 11.6 Å². The molecule has 12 rings (SSSR count). The lowest BCUT2D eigenvalue weighted by molar-refractivity contribution is -0.113. The van der Waals surface area contributed by atoms with E-state index in [1.54, 1.807) is 42.5 Å². The van der Waals surface area contributed by atoms with Crippen molar-refractivity contribution in [2.24, 2.45) is 0 Å². The molecule has 0 fully saturated rings. The average molecular weight is 1050 g/mol. The molecule has 8 aromatic heterocycles. The minimum absolute atomic E-state index is 0.0400. The van der Waals surface area contributed by atoms with Crippen LogP contribution >= 0.6 is 11.6 Å². The average Bonchev–Trinajstić information content (AvgIpc) is 3.45. The van der Waals surface area contributed by atoms with E-state index in [4.69, 9.17) is 22.3 Å². The fourth-order valence-electron chi connectivity index (χ4n) is 9.11. The number of carbonyl (C=O) groups excluding carboxylic acids is 1. The molecular formula is C59H55ClN12O5. The molecule has 17 nitrogen and oxygen atoms in total. The molecule has 8 heterocycles. The molecule has 0 unspecified atom stereocenters. The van der Waals surface area contributed by atoms with Crippen molar-refractivity contribution in [3.63, 3.8) is 0 Å². The van der Waals surface area contributed by atoms with Gasteiger partial charge in [0.25, 0.3) is 22.2 Å². The third-order valence-electron chi connectivity index (χ3n) is 13.2. The highest BCUT2D eigenvalue weighted by molar-refractivity contribution is 6.29. The summed E-state index contributed by atoms with van der Waals surface area (Å²) in [5.41, 5.74) is 12.4. The minimum atomic E-state index is -0.327. The third kappa shape index (κ3) is 11.5. The molecule has 8 N–H and O–H groups in total. The van der Waals surface area contributed by atoms with Gasteiger partial charge in [-0.2, -0.15) is 0 Å². The van der Waals surface area contributed by atoms with Crippen LogP contribution in [0.3, 0.4) is 0 Å². The van der Waals surface area contributed by atoms with Crippen LogP contribution in [0.2, 0.25) is 0 Å². The van der Waals surface area contributed by atoms with Gasteiger partial charge in [0.15, 0.2) is 0 Å². The van der Waals surface area contributed by atoms with Crippen molar-refractivity contribution < 1.29 is 4.79 Å². The second kappa shape index (κ2) is 23.5. The van der Waals surface area contributed by atoms with Crippen LogP contribution in [0.15, 0.2) is 159 Å². The van der Waals surface area contributed by atoms with Crippen molar-refractivity contribution in [3.05, 3.63) is 192 Å². The number of benzene rings is 4. The number of nitrogens with two attached hydrogens (primary N) is 1. The fraction of sp³-hybridized carbons (Fsp3) is 0.169. The first-order valence-corrected chi connectivity index (χ1v) is 25.6. The fourth-order valence-corrected chi connectivity index (χ4v) is 9.18. The number of nitrogens with one attached hydrogen (secondary N) is 6. The van der Waals surface area contributed by atoms with Crippen LogP contribution in [-0.2, 0) is 4.79 Å². The van der Waals surface area contributed by atoms with Crippen molar-refractivity contribution in [1.82, 2.24) is 44.8 Å². The lowest BCUT2D eigenvalue weighted by atomic mass is 10.1. The lowest BCUT2D eigenvalue weighted by Gasteiger charge is -2.17. The normalized spacial score (nSPS) is 11.1. The number of hydrogen-bond acceptors (Lipinski definition) is 12. The summed E-state index contributed by atoms with van der Waals surface area (Å²) in [7, 11) is 0. The number of aryl methyl sites for hydroxylation is 2. The second-order valence-corrected chi connectivity index (χ2v) is 18.3. The zero-order valence-electron chi connectivity index (χ0n) is 42.8. The summed E-state index contributed by atoms with van der Waals surface area (Å²) in [5.74, 6) is 1.24. The molecule has 0 saturated heterocycles. The molecule has 0 bridgehead atoms. The maximum atomic E-state index is 12.1. The van der Waals surface area contributed by atoms with Gasteiger partial charge in [-0.3, -0.25) is 29.0 Å². The molecule has 77 heavy (non-hydrogen) atoms. The number of aromatic nitrogens is 8. The summed E-state index contributed by atoms with van der Waals surface area (Å²) in [6, 6.07) is 40.4. The Morgan fingerprint density at radius 1 is 0.545 bits per heavy atom. The second-order valence-electron chi connectivity index (χ2n) is 18.1. The van der Waals surface area contributed by atoms with Gasteiger partial charge in [-0.1, -0.05) is 86.6 Å². The standard InChI is InChI=1S/C19H24N4O.C14H10ClN3O2.C14H12N2O.C12H9N3O/c1-3-23(4-2)13-7-12-20-17-11-10-16-18(22-17)14-8-5-6-9-15(14)19(24)21-16;15-7-12(19)17-11-6-5-10-13(18-11)8-3-1-2-4-9(8)14(20)16-10;1-8-9(2)15-7-12-10-5-3-4-6-11(10)14(17)16-13(8)12;13-10-6-5-9-11(15-10)7-3-1-2-4-8(7)12(16)14-9/h5-6,8-11H,3-4,7,12-13H2,1-2H3,(H,20,22)(H,21,24);1-6H,7H2,(H,16,20)(H,17,18,19);3-7H,1-2H3,(H,16,17);1-6H,(H2,13,15)(H,14,16). The smallest absolute Gasteiger partial charge is 0.256 e. The van der Waals surface area contributed by atoms with Gasteiger partial charge < -0.3 is 41.2 Å². The van der Waals surface area contributed by atoms with E-state index in [1.807, 2.05) is 111 Å². The summed E-state index contributed by atoms with van der Waals surface area (Å²) in [6.45, 7) is 12.5. The zero-order chi connectivity index (χ0) is 54.2. The first kappa shape index (κ1) is 52.5. The summed E-state index contributed by atoms with van der Waals surface area (Å²) < 4.78 is 0. The molecular weight excluding hydrogens is 992 g/mol. The summed E-state index contributed by atoms with van der Waals surface area (Å²) in [4.78, 5) is 90.6. The Kier molecular flexibility index (Phi) is 16.0. The molecule has 0 saturated carbocycles. The number of amides is 1. The highest BCUT2D eigenvalue weighted by Gasteiger charge is 2.12. The van der Waals surface area contributed by atoms with Gasteiger partial charge in [0.05, 0.1) is 38.6 Å². The number of aromatic amines is 4. The first-order valence-electron chi connectivity index (χ1n) is 25.1. The Morgan fingerprint density at radius 2 is 0.974 bits per heavy atom. The van der Waals surface area contributed by atoms with Crippen LogP contribution in [-0.4, -0.2) is 82.7 Å². The number of H-pyrrole nitrogens is 4. The molecule has 1 amide bonds. The Bertz CT molecular complexity index is 4420. The van der Waals surface area contributed by atoms with E-state index in [0.717, 1.165) is 98.7 Å². The number of nitrogen functional groups attached to an aromatic ring is 1. The minimum Gasteiger partial charge on any atom is -0.384 e. The molecule has 18 heteroatoms. The van der Waals surface area contributed by atoms with Gasteiger partial charge in [-0.05, 0) is 112 Å². The maximum absolute atomic E-state index is 12.1. The third-order valence-corrected chi connectivity index (χ3v) is 13.5. The number of pyridine rings is 8. The van der Waals surface area contributed by atoms with E-state index in [9.17, 15) is 24.0 Å². The number of nitrogens with zero attached hydrogens (tertiary/aromatic N) is 5. The van der Waals surface area contributed by atoms with Crippen LogP contribution < -0.4 is 38.6 Å². The topological polar surface area (TPSA) is 253 Å². The number of alkyl halides is 1. The van der Waals surface area contributed by atoms with Crippen LogP contribution in [0.1, 0.15) is 31.5 Å². The monoisotopic (exact) mass is 1050 g/mol. The first-order chi connectivity index (χ1) is 37.3. The molecule has 4 aromatic carbocycles. The van der Waals surface area contributed by atoms with Gasteiger partial charge in [0.2, 0.25) is 5.91 Å². The maximum Gasteiger partial charge on any atom is 0.256 e. The van der Waals surface area contributed by atoms with Gasteiger partial charge in [0.1, 0.15) is 23.3 Å². The number of rotatable bonds is 9. The molecule has 0 aliphatic heterocycles. The molecule has 388 valence electrons. The molecule has 0 aliphatic carbocycles. The van der Waals surface area contributed by atoms with Crippen molar-refractivity contribution in [1.29, 1.82) is 0 Å². The highest BCUT2D eigenvalue weighted by Crippen LogP contribution is 2.25. The number of halogens is 1. The highest BCUT2D eigenvalue weighted by atomic mass is 35.5. The van der Waals surface area contributed by atoms with Crippen molar-refractivity contribution >= 4 is 122 Å². The molecule has 12 aromatic rings. The lowest BCUT2D eigenvalue weighted by Crippen LogP contribution is -2.25. The van der Waals surface area contributed by atoms with Crippen LogP contribution in [0.25, 0.3) is 87.1 Å². The Hall–Kier alpha value is -9.32. The van der Waals surface area contributed by atoms with Gasteiger partial charge in [0, 0.05) is 61.5 Å². The van der Waals surface area contributed by atoms with E-state index < -0.39 is 0 Å². The SMILES string of the molecule is CCN(CC)CCCNc1ccc2[nH]c(=O)c3ccccc3c2n1.Cc1ncc2c([nH]c(=O)c3ccccc32)c1C.Nc1ccc2[nH]c(=O)c3ccccc3c2n1.O=C(CCl)Nc1ccc2[nH]c(=O)c3ccccc3c2n1. The van der Waals surface area contributed by atoms with Gasteiger partial charge >= 0.3 is 0 Å². The summed E-state index contributed by atoms with van der Waals surface area (Å²) >= 11 is 5.45. The Morgan fingerprint density at radius 3 is 1.48 bits per heavy atom. The number of anilines is 3. The van der Waals surface area contributed by atoms with Crippen molar-refractivity contribution in [2.45, 2.75) is 34.1 Å². The van der Waals surface area contributed by atoms with Crippen molar-refractivity contribution in [2.75, 3.05) is 48.4 Å². The summed E-state index contributed by atoms with van der Waals surface area (Å²) in [5, 5.41) is 13.0. The van der Waals surface area contributed by atoms with Gasteiger partial charge in [-0.25, -0.2) is 15.0 Å². The molecule has 0 spiro atoms. The Balaban J connectivity index is 0.000000127. The largest absolute Gasteiger partial charge is 0.384 e. The van der Waals surface area contributed by atoms with E-state index >= 15 is 0 Å². The zero-order valence-corrected chi connectivity index (χ0v) is 43.5. The summed E-state index contributed by atoms with van der Waals surface area (Å²) in [6.07, 6.45) is 2.91. The molecule has 0 radical (unpaired) electrons. The number of carbonyl (C=O) groups is 1. The predicted octanol–water partition coefficient (Wildman–Crippen LogP) is 9.83. The van der Waals surface area contributed by atoms with E-state index in [-0.39, 0.29) is 34.0 Å². The van der Waals surface area contributed by atoms with E-state index in [1.165, 1.54) is 0 Å². The van der Waals surface area contributed by atoms with Crippen LogP contribution in [0.4, 0.5) is 17.5 Å². The predicted molar refractivity (Wildman–Crippen MR) is 314 cm³/mol. The van der Waals surface area contributed by atoms with Crippen molar-refractivity contribution in [3.8, 4) is 0 Å². The van der Waals surface area contributed by atoms with Crippen LogP contribution in [0, 0.1) is 13.8 Å². The number of hydrogen-bond donors (Lipinski definition) is 7. The quantitative estimate of drug-likeness (QED) is 0.0405. The van der Waals surface area contributed by atoms with Crippen LogP contribution in [0.5, 0.6) is 0 Å². The van der Waals surface area contributed by atoms with E-state index in [2.05, 4.69) is 64.3 Å².